The molecule has 8 heteroatoms. The van der Waals surface area contributed by atoms with Gasteiger partial charge in [-0.05, 0) is 23.3 Å². The van der Waals surface area contributed by atoms with E-state index in [2.05, 4.69) is 10.3 Å². The SMILES string of the molecule is COCC1=C(C(=O)OCc2ccccc2)C(c2ccc(F)c(F)c2)NC(OC)=N1. The number of nitrogens with zero attached hydrogens (tertiary/aromatic N) is 1. The molecule has 6 nitrogen and oxygen atoms in total. The standard InChI is InChI=1S/C21H20F2N2O4/c1-27-12-17-18(20(26)29-11-13-6-4-3-5-7-13)19(25-21(24-17)28-2)14-8-9-15(22)16(23)10-14/h3-10,19H,11-12H2,1-2H3,(H,24,25). The van der Waals surface area contributed by atoms with Crippen molar-refractivity contribution in [3.05, 3.63) is 82.6 Å². The molecule has 1 unspecified atom stereocenters. The minimum Gasteiger partial charge on any atom is -0.468 e. The van der Waals surface area contributed by atoms with Crippen LogP contribution in [0, 0.1) is 11.6 Å². The Hall–Kier alpha value is -3.26. The largest absolute Gasteiger partial charge is 0.468 e. The summed E-state index contributed by atoms with van der Waals surface area (Å²) in [7, 11) is 2.85. The van der Waals surface area contributed by atoms with Crippen LogP contribution in [0.25, 0.3) is 0 Å². The fourth-order valence-corrected chi connectivity index (χ4v) is 2.91. The highest BCUT2D eigenvalue weighted by Gasteiger charge is 2.33. The molecular weight excluding hydrogens is 382 g/mol. The van der Waals surface area contributed by atoms with Crippen molar-refractivity contribution in [2.75, 3.05) is 20.8 Å². The average molecular weight is 402 g/mol. The number of amidine groups is 1. The number of hydrogen-bond acceptors (Lipinski definition) is 6. The number of nitrogens with one attached hydrogen (secondary N) is 1. The van der Waals surface area contributed by atoms with E-state index in [0.29, 0.717) is 5.56 Å². The molecule has 1 atom stereocenters. The summed E-state index contributed by atoms with van der Waals surface area (Å²) in [5, 5.41) is 2.91. The maximum absolute atomic E-state index is 13.8. The van der Waals surface area contributed by atoms with Crippen molar-refractivity contribution >= 4 is 12.0 Å². The van der Waals surface area contributed by atoms with Crippen LogP contribution < -0.4 is 5.32 Å². The monoisotopic (exact) mass is 402 g/mol. The number of esters is 1. The second-order valence-corrected chi connectivity index (χ2v) is 6.23. The molecule has 152 valence electrons. The van der Waals surface area contributed by atoms with Crippen molar-refractivity contribution in [2.24, 2.45) is 4.99 Å². The highest BCUT2D eigenvalue weighted by molar-refractivity contribution is 5.94. The van der Waals surface area contributed by atoms with E-state index in [0.717, 1.165) is 17.7 Å². The Balaban J connectivity index is 1.97. The van der Waals surface area contributed by atoms with Crippen molar-refractivity contribution in [1.29, 1.82) is 0 Å². The summed E-state index contributed by atoms with van der Waals surface area (Å²) in [6.45, 7) is 0.0548. The number of halogens is 2. The molecule has 3 rings (SSSR count). The molecular formula is C21H20F2N2O4. The summed E-state index contributed by atoms with van der Waals surface area (Å²) < 4.78 is 43.0. The Bertz CT molecular complexity index is 945. The number of hydrogen-bond donors (Lipinski definition) is 1. The first-order valence-corrected chi connectivity index (χ1v) is 8.80. The highest BCUT2D eigenvalue weighted by atomic mass is 19.2. The average Bonchev–Trinajstić information content (AvgIpc) is 2.74. The van der Waals surface area contributed by atoms with Crippen molar-refractivity contribution in [2.45, 2.75) is 12.6 Å². The number of rotatable bonds is 6. The van der Waals surface area contributed by atoms with E-state index < -0.39 is 23.6 Å². The zero-order valence-electron chi connectivity index (χ0n) is 15.9. The Morgan fingerprint density at radius 1 is 1.07 bits per heavy atom. The number of ether oxygens (including phenoxy) is 3. The lowest BCUT2D eigenvalue weighted by Gasteiger charge is -2.27. The van der Waals surface area contributed by atoms with Gasteiger partial charge in [-0.3, -0.25) is 0 Å². The first-order chi connectivity index (χ1) is 14.0. The highest BCUT2D eigenvalue weighted by Crippen LogP contribution is 2.30. The van der Waals surface area contributed by atoms with Gasteiger partial charge >= 0.3 is 5.97 Å². The fraction of sp³-hybridized carbons (Fsp3) is 0.238. The van der Waals surface area contributed by atoms with E-state index >= 15 is 0 Å². The number of benzene rings is 2. The molecule has 1 aliphatic heterocycles. The van der Waals surface area contributed by atoms with Crippen molar-refractivity contribution in [3.63, 3.8) is 0 Å². The number of carbonyl (C=O) groups is 1. The van der Waals surface area contributed by atoms with E-state index in [-0.39, 0.29) is 30.5 Å². The van der Waals surface area contributed by atoms with Crippen LogP contribution in [0.4, 0.5) is 8.78 Å². The molecule has 0 bridgehead atoms. The molecule has 29 heavy (non-hydrogen) atoms. The first-order valence-electron chi connectivity index (χ1n) is 8.80. The predicted octanol–water partition coefficient (Wildman–Crippen LogP) is 3.26. The van der Waals surface area contributed by atoms with Crippen molar-refractivity contribution in [1.82, 2.24) is 5.32 Å². The maximum Gasteiger partial charge on any atom is 0.338 e. The van der Waals surface area contributed by atoms with Gasteiger partial charge in [-0.15, -0.1) is 0 Å². The van der Waals surface area contributed by atoms with Gasteiger partial charge in [0.25, 0.3) is 6.02 Å². The van der Waals surface area contributed by atoms with Crippen LogP contribution in [0.15, 0.2) is 64.8 Å². The van der Waals surface area contributed by atoms with Crippen molar-refractivity contribution in [3.8, 4) is 0 Å². The van der Waals surface area contributed by atoms with E-state index in [4.69, 9.17) is 14.2 Å². The minimum absolute atomic E-state index is 0.00445. The van der Waals surface area contributed by atoms with E-state index in [1.54, 1.807) is 0 Å². The summed E-state index contributed by atoms with van der Waals surface area (Å²) in [4.78, 5) is 17.2. The van der Waals surface area contributed by atoms with Gasteiger partial charge in [0.2, 0.25) is 0 Å². The van der Waals surface area contributed by atoms with Crippen LogP contribution in [-0.2, 0) is 25.6 Å². The third-order valence-electron chi connectivity index (χ3n) is 4.29. The molecule has 0 aromatic heterocycles. The number of aliphatic imine (C=N–C) groups is 1. The molecule has 0 spiro atoms. The molecule has 0 saturated heterocycles. The van der Waals surface area contributed by atoms with Gasteiger partial charge in [-0.25, -0.2) is 13.6 Å². The lowest BCUT2D eigenvalue weighted by molar-refractivity contribution is -0.140. The molecule has 0 radical (unpaired) electrons. The summed E-state index contributed by atoms with van der Waals surface area (Å²) in [5.41, 5.74) is 1.53. The molecule has 0 aliphatic carbocycles. The lowest BCUT2D eigenvalue weighted by atomic mass is 9.95. The van der Waals surface area contributed by atoms with Gasteiger partial charge < -0.3 is 19.5 Å². The smallest absolute Gasteiger partial charge is 0.338 e. The second kappa shape index (κ2) is 9.29. The van der Waals surface area contributed by atoms with Gasteiger partial charge in [0.05, 0.1) is 31.0 Å². The Labute approximate surface area is 166 Å². The van der Waals surface area contributed by atoms with Gasteiger partial charge in [0.15, 0.2) is 11.6 Å². The number of methoxy groups -OCH3 is 2. The van der Waals surface area contributed by atoms with Crippen LogP contribution >= 0.6 is 0 Å². The first kappa shape index (κ1) is 20.5. The summed E-state index contributed by atoms with van der Waals surface area (Å²) in [6, 6.07) is 11.8. The minimum atomic E-state index is -1.03. The van der Waals surface area contributed by atoms with Crippen LogP contribution in [-0.4, -0.2) is 32.8 Å². The quantitative estimate of drug-likeness (QED) is 0.752. The molecule has 2 aromatic carbocycles. The van der Waals surface area contributed by atoms with E-state index in [1.165, 1.54) is 20.3 Å². The van der Waals surface area contributed by atoms with Crippen LogP contribution in [0.1, 0.15) is 17.2 Å². The van der Waals surface area contributed by atoms with Gasteiger partial charge in [-0.1, -0.05) is 36.4 Å². The third-order valence-corrected chi connectivity index (χ3v) is 4.29. The third kappa shape index (κ3) is 4.78. The zero-order chi connectivity index (χ0) is 20.8. The normalized spacial score (nSPS) is 16.1. The summed E-state index contributed by atoms with van der Waals surface area (Å²) in [6.07, 6.45) is 0. The van der Waals surface area contributed by atoms with Crippen LogP contribution in [0.3, 0.4) is 0 Å². The molecule has 0 amide bonds. The van der Waals surface area contributed by atoms with Gasteiger partial charge in [0, 0.05) is 7.11 Å². The van der Waals surface area contributed by atoms with Crippen LogP contribution in [0.5, 0.6) is 0 Å². The van der Waals surface area contributed by atoms with Crippen LogP contribution in [0.2, 0.25) is 0 Å². The van der Waals surface area contributed by atoms with E-state index in [9.17, 15) is 13.6 Å². The fourth-order valence-electron chi connectivity index (χ4n) is 2.91. The topological polar surface area (TPSA) is 69.2 Å². The Morgan fingerprint density at radius 2 is 1.83 bits per heavy atom. The van der Waals surface area contributed by atoms with Crippen molar-refractivity contribution < 1.29 is 27.8 Å². The van der Waals surface area contributed by atoms with Gasteiger partial charge in [0.1, 0.15) is 6.61 Å². The lowest BCUT2D eigenvalue weighted by Crippen LogP contribution is -2.38. The van der Waals surface area contributed by atoms with Gasteiger partial charge in [-0.2, -0.15) is 4.99 Å². The maximum atomic E-state index is 13.8. The summed E-state index contributed by atoms with van der Waals surface area (Å²) in [5.74, 6) is -2.67. The zero-order valence-corrected chi connectivity index (χ0v) is 15.9. The molecule has 1 aliphatic rings. The predicted molar refractivity (Wildman–Crippen MR) is 102 cm³/mol. The molecule has 1 heterocycles. The molecule has 2 aromatic rings. The van der Waals surface area contributed by atoms with E-state index in [1.807, 2.05) is 30.3 Å². The molecule has 0 fully saturated rings. The second-order valence-electron chi connectivity index (χ2n) is 6.23. The summed E-state index contributed by atoms with van der Waals surface area (Å²) >= 11 is 0. The Kier molecular flexibility index (Phi) is 6.56. The molecule has 0 saturated carbocycles. The Morgan fingerprint density at radius 3 is 2.48 bits per heavy atom. The number of carbonyl (C=O) groups excluding carboxylic acids is 1. The molecule has 1 N–H and O–H groups in total.